The fourth-order valence-electron chi connectivity index (χ4n) is 2.68. The molecule has 5 nitrogen and oxygen atoms in total. The molecule has 0 spiro atoms. The number of hydrogen-bond donors (Lipinski definition) is 2. The Hall–Kier alpha value is -0.620. The second-order valence-electron chi connectivity index (χ2n) is 5.39. The Bertz CT molecular complexity index is 381. The number of carbonyl (C=O) groups excluding carboxylic acids is 1. The molecule has 0 saturated heterocycles. The van der Waals surface area contributed by atoms with Crippen LogP contribution in [0.5, 0.6) is 0 Å². The van der Waals surface area contributed by atoms with Crippen molar-refractivity contribution in [3.8, 4) is 0 Å². The molecule has 0 aromatic rings. The second-order valence-corrected chi connectivity index (χ2v) is 7.57. The van der Waals surface area contributed by atoms with Crippen LogP contribution in [-0.2, 0) is 14.6 Å². The number of rotatable bonds is 5. The van der Waals surface area contributed by atoms with Gasteiger partial charge in [0.05, 0.1) is 5.75 Å². The van der Waals surface area contributed by atoms with Crippen molar-refractivity contribution in [3.63, 3.8) is 0 Å². The molecule has 1 saturated carbocycles. The molecule has 3 atom stereocenters. The van der Waals surface area contributed by atoms with Crippen LogP contribution in [0.15, 0.2) is 0 Å². The average molecular weight is 276 g/mol. The molecule has 0 aromatic heterocycles. The number of carbonyl (C=O) groups is 1. The van der Waals surface area contributed by atoms with Crippen LogP contribution < -0.4 is 11.1 Å². The first kappa shape index (κ1) is 15.4. The zero-order valence-electron chi connectivity index (χ0n) is 11.2. The van der Waals surface area contributed by atoms with Crippen LogP contribution in [0.25, 0.3) is 0 Å². The molecule has 1 amide bonds. The Morgan fingerprint density at radius 3 is 2.56 bits per heavy atom. The molecule has 0 aliphatic heterocycles. The van der Waals surface area contributed by atoms with Crippen LogP contribution in [0.3, 0.4) is 0 Å². The summed E-state index contributed by atoms with van der Waals surface area (Å²) in [6, 6.07) is -0.340. The zero-order valence-corrected chi connectivity index (χ0v) is 12.0. The lowest BCUT2D eigenvalue weighted by molar-refractivity contribution is -0.128. The lowest BCUT2D eigenvalue weighted by atomic mass is 9.78. The molecule has 0 aromatic carbocycles. The minimum Gasteiger partial charge on any atom is -0.352 e. The highest BCUT2D eigenvalue weighted by atomic mass is 32.2. The predicted molar refractivity (Wildman–Crippen MR) is 71.8 cm³/mol. The molecule has 0 heterocycles. The normalized spacial score (nSPS) is 26.6. The van der Waals surface area contributed by atoms with E-state index in [2.05, 4.69) is 5.32 Å². The van der Waals surface area contributed by atoms with Crippen molar-refractivity contribution < 1.29 is 13.2 Å². The van der Waals surface area contributed by atoms with Crippen LogP contribution in [0.1, 0.15) is 32.6 Å². The fourth-order valence-corrected chi connectivity index (χ4v) is 3.67. The third kappa shape index (κ3) is 4.94. The Morgan fingerprint density at radius 2 is 2.00 bits per heavy atom. The summed E-state index contributed by atoms with van der Waals surface area (Å²) in [5.41, 5.74) is 5.69. The smallest absolute Gasteiger partial charge is 0.223 e. The van der Waals surface area contributed by atoms with E-state index in [0.717, 1.165) is 25.7 Å². The highest BCUT2D eigenvalue weighted by Gasteiger charge is 2.30. The summed E-state index contributed by atoms with van der Waals surface area (Å²) in [4.78, 5) is 12.1. The van der Waals surface area contributed by atoms with Crippen LogP contribution >= 0.6 is 0 Å². The monoisotopic (exact) mass is 276 g/mol. The van der Waals surface area contributed by atoms with E-state index >= 15 is 0 Å². The van der Waals surface area contributed by atoms with Gasteiger partial charge in [0.15, 0.2) is 0 Å². The molecule has 3 N–H and O–H groups in total. The van der Waals surface area contributed by atoms with Gasteiger partial charge in [0.25, 0.3) is 0 Å². The molecule has 1 aliphatic rings. The summed E-state index contributed by atoms with van der Waals surface area (Å²) in [6.45, 7) is 2.25. The Balaban J connectivity index is 2.53. The second kappa shape index (κ2) is 6.52. The maximum absolute atomic E-state index is 12.1. The van der Waals surface area contributed by atoms with Gasteiger partial charge in [-0.2, -0.15) is 0 Å². The first-order valence-electron chi connectivity index (χ1n) is 6.51. The van der Waals surface area contributed by atoms with E-state index in [0.29, 0.717) is 6.54 Å². The van der Waals surface area contributed by atoms with E-state index in [9.17, 15) is 13.2 Å². The van der Waals surface area contributed by atoms with Crippen molar-refractivity contribution in [1.82, 2.24) is 5.32 Å². The molecule has 18 heavy (non-hydrogen) atoms. The number of amides is 1. The summed E-state index contributed by atoms with van der Waals surface area (Å²) in [6.07, 6.45) is 5.22. The van der Waals surface area contributed by atoms with E-state index in [1.165, 1.54) is 6.26 Å². The maximum atomic E-state index is 12.1. The van der Waals surface area contributed by atoms with Crippen molar-refractivity contribution in [2.45, 2.75) is 38.6 Å². The van der Waals surface area contributed by atoms with E-state index in [1.54, 1.807) is 6.92 Å². The predicted octanol–water partition coefficient (Wildman–Crippen LogP) is 0.301. The molecule has 0 bridgehead atoms. The lowest BCUT2D eigenvalue weighted by Crippen LogP contribution is -2.44. The summed E-state index contributed by atoms with van der Waals surface area (Å²) < 4.78 is 22.3. The largest absolute Gasteiger partial charge is 0.352 e. The number of hydrogen-bond acceptors (Lipinski definition) is 4. The maximum Gasteiger partial charge on any atom is 0.223 e. The summed E-state index contributed by atoms with van der Waals surface area (Å²) in [5, 5.41) is 2.80. The average Bonchev–Trinajstić information content (AvgIpc) is 2.26. The van der Waals surface area contributed by atoms with Crippen molar-refractivity contribution in [2.75, 3.05) is 18.6 Å². The summed E-state index contributed by atoms with van der Waals surface area (Å²) >= 11 is 0. The van der Waals surface area contributed by atoms with Gasteiger partial charge in [0.2, 0.25) is 5.91 Å². The first-order chi connectivity index (χ1) is 8.33. The molecule has 3 unspecified atom stereocenters. The fraction of sp³-hybridized carbons (Fsp3) is 0.917. The van der Waals surface area contributed by atoms with Gasteiger partial charge in [-0.15, -0.1) is 0 Å². The van der Waals surface area contributed by atoms with Gasteiger partial charge in [-0.3, -0.25) is 4.79 Å². The Labute approximate surface area is 109 Å². The van der Waals surface area contributed by atoms with Gasteiger partial charge in [0.1, 0.15) is 9.84 Å². The quantitative estimate of drug-likeness (QED) is 0.756. The summed E-state index contributed by atoms with van der Waals surface area (Å²) in [7, 11) is -3.06. The standard InChI is InChI=1S/C12H24N2O3S/c1-9(8-18(2,16)17)14-12(15)11-6-4-3-5-10(11)7-13/h9-11H,3-8,13H2,1-2H3,(H,14,15). The highest BCUT2D eigenvalue weighted by Crippen LogP contribution is 2.29. The van der Waals surface area contributed by atoms with Crippen molar-refractivity contribution in [1.29, 1.82) is 0 Å². The molecule has 0 radical (unpaired) electrons. The van der Waals surface area contributed by atoms with Crippen LogP contribution in [-0.4, -0.2) is 38.9 Å². The minimum atomic E-state index is -3.06. The molecule has 6 heteroatoms. The van der Waals surface area contributed by atoms with E-state index < -0.39 is 9.84 Å². The van der Waals surface area contributed by atoms with Gasteiger partial charge in [-0.05, 0) is 32.2 Å². The SMILES string of the molecule is CC(CS(C)(=O)=O)NC(=O)C1CCCCC1CN. The minimum absolute atomic E-state index is 0.0151. The summed E-state index contributed by atoms with van der Waals surface area (Å²) in [5.74, 6) is 0.134. The van der Waals surface area contributed by atoms with Gasteiger partial charge in [-0.1, -0.05) is 12.8 Å². The van der Waals surface area contributed by atoms with Crippen LogP contribution in [0.4, 0.5) is 0 Å². The van der Waals surface area contributed by atoms with Gasteiger partial charge in [0, 0.05) is 18.2 Å². The van der Waals surface area contributed by atoms with Crippen molar-refractivity contribution >= 4 is 15.7 Å². The zero-order chi connectivity index (χ0) is 13.8. The molecular weight excluding hydrogens is 252 g/mol. The number of nitrogens with two attached hydrogens (primary N) is 1. The lowest BCUT2D eigenvalue weighted by Gasteiger charge is -2.30. The van der Waals surface area contributed by atoms with Crippen molar-refractivity contribution in [2.24, 2.45) is 17.6 Å². The molecule has 1 fully saturated rings. The van der Waals surface area contributed by atoms with Crippen LogP contribution in [0.2, 0.25) is 0 Å². The molecule has 1 aliphatic carbocycles. The Kier molecular flexibility index (Phi) is 5.59. The molecular formula is C12H24N2O3S. The first-order valence-corrected chi connectivity index (χ1v) is 8.57. The molecule has 106 valence electrons. The van der Waals surface area contributed by atoms with Crippen LogP contribution in [0, 0.1) is 11.8 Å². The van der Waals surface area contributed by atoms with E-state index in [4.69, 9.17) is 5.73 Å². The van der Waals surface area contributed by atoms with E-state index in [-0.39, 0.29) is 29.5 Å². The van der Waals surface area contributed by atoms with Crippen molar-refractivity contribution in [3.05, 3.63) is 0 Å². The highest BCUT2D eigenvalue weighted by molar-refractivity contribution is 7.90. The van der Waals surface area contributed by atoms with Gasteiger partial charge >= 0.3 is 0 Å². The van der Waals surface area contributed by atoms with Gasteiger partial charge in [-0.25, -0.2) is 8.42 Å². The topological polar surface area (TPSA) is 89.3 Å². The van der Waals surface area contributed by atoms with Gasteiger partial charge < -0.3 is 11.1 Å². The molecule has 1 rings (SSSR count). The third-order valence-electron chi connectivity index (χ3n) is 3.49. The number of nitrogens with one attached hydrogen (secondary N) is 1. The Morgan fingerprint density at radius 1 is 1.39 bits per heavy atom. The third-order valence-corrected chi connectivity index (χ3v) is 4.60. The number of sulfone groups is 1. The van der Waals surface area contributed by atoms with E-state index in [1.807, 2.05) is 0 Å².